The maximum Gasteiger partial charge on any atom is 0.313 e. The number of hydrogen-bond donors (Lipinski definition) is 1. The summed E-state index contributed by atoms with van der Waals surface area (Å²) < 4.78 is 1.94. The van der Waals surface area contributed by atoms with Gasteiger partial charge in [-0.1, -0.05) is 29.4 Å². The van der Waals surface area contributed by atoms with Crippen LogP contribution in [-0.2, 0) is 11.3 Å². The van der Waals surface area contributed by atoms with Gasteiger partial charge >= 0.3 is 5.97 Å². The monoisotopic (exact) mass is 343 g/mol. The minimum Gasteiger partial charge on any atom is -0.481 e. The first-order chi connectivity index (χ1) is 10.1. The number of carbonyl (C=O) groups is 1. The summed E-state index contributed by atoms with van der Waals surface area (Å²) in [6.45, 7) is 4.40. The normalized spacial score (nSPS) is 10.9. The standard InChI is InChI=1S/C13H14ClN3O2S2/c1-2-4-20-5-3-17-12-10(6-9(14)7-15-12)16-13(17)21-8-11(18)19/h2,6-7H,1,3-5,8H2,(H,18,19). The molecule has 112 valence electrons. The number of pyridine rings is 1. The topological polar surface area (TPSA) is 68.0 Å². The van der Waals surface area contributed by atoms with Crippen LogP contribution in [0, 0.1) is 0 Å². The van der Waals surface area contributed by atoms with Gasteiger partial charge in [0.2, 0.25) is 0 Å². The minimum absolute atomic E-state index is 0.0309. The first-order valence-electron chi connectivity index (χ1n) is 6.17. The Hall–Kier alpha value is -1.18. The van der Waals surface area contributed by atoms with Gasteiger partial charge in [-0.05, 0) is 6.07 Å². The van der Waals surface area contributed by atoms with Crippen LogP contribution in [0.2, 0.25) is 5.02 Å². The van der Waals surface area contributed by atoms with Crippen LogP contribution >= 0.6 is 35.1 Å². The molecule has 2 aromatic heterocycles. The summed E-state index contributed by atoms with van der Waals surface area (Å²) in [4.78, 5) is 19.5. The van der Waals surface area contributed by atoms with Gasteiger partial charge in [0.25, 0.3) is 0 Å². The molecule has 0 radical (unpaired) electrons. The molecule has 0 fully saturated rings. The van der Waals surface area contributed by atoms with Crippen molar-refractivity contribution in [1.29, 1.82) is 0 Å². The third-order valence-corrected chi connectivity index (χ3v) is 4.65. The molecular formula is C13H14ClN3O2S2. The van der Waals surface area contributed by atoms with Crippen molar-refractivity contribution in [2.75, 3.05) is 17.3 Å². The highest BCUT2D eigenvalue weighted by Gasteiger charge is 2.14. The Morgan fingerprint density at radius 3 is 3.10 bits per heavy atom. The van der Waals surface area contributed by atoms with E-state index in [-0.39, 0.29) is 5.75 Å². The zero-order chi connectivity index (χ0) is 15.2. The van der Waals surface area contributed by atoms with Crippen molar-refractivity contribution >= 4 is 52.3 Å². The van der Waals surface area contributed by atoms with Crippen LogP contribution in [0.4, 0.5) is 0 Å². The lowest BCUT2D eigenvalue weighted by Gasteiger charge is -2.06. The highest BCUT2D eigenvalue weighted by Crippen LogP contribution is 2.25. The van der Waals surface area contributed by atoms with E-state index in [1.807, 2.05) is 10.6 Å². The smallest absolute Gasteiger partial charge is 0.313 e. The van der Waals surface area contributed by atoms with Gasteiger partial charge in [0.1, 0.15) is 5.52 Å². The molecule has 8 heteroatoms. The third kappa shape index (κ3) is 4.39. The van der Waals surface area contributed by atoms with Gasteiger partial charge in [-0.15, -0.1) is 6.58 Å². The van der Waals surface area contributed by atoms with E-state index in [0.29, 0.717) is 22.2 Å². The molecule has 0 amide bonds. The van der Waals surface area contributed by atoms with E-state index in [1.165, 1.54) is 11.8 Å². The van der Waals surface area contributed by atoms with Crippen LogP contribution in [0.3, 0.4) is 0 Å². The quantitative estimate of drug-likeness (QED) is 0.451. The summed E-state index contributed by atoms with van der Waals surface area (Å²) in [5, 5.41) is 9.99. The summed E-state index contributed by atoms with van der Waals surface area (Å²) in [5.74, 6) is 0.855. The average molecular weight is 344 g/mol. The van der Waals surface area contributed by atoms with Crippen molar-refractivity contribution < 1.29 is 9.90 Å². The Balaban J connectivity index is 2.25. The summed E-state index contributed by atoms with van der Waals surface area (Å²) in [5.41, 5.74) is 1.41. The van der Waals surface area contributed by atoms with E-state index in [2.05, 4.69) is 16.5 Å². The molecule has 0 bridgehead atoms. The average Bonchev–Trinajstić information content (AvgIpc) is 2.78. The van der Waals surface area contributed by atoms with Crippen LogP contribution in [0.5, 0.6) is 0 Å². The van der Waals surface area contributed by atoms with Gasteiger partial charge in [0.15, 0.2) is 10.8 Å². The number of thioether (sulfide) groups is 2. The second-order valence-electron chi connectivity index (χ2n) is 4.09. The number of fused-ring (bicyclic) bond motifs is 1. The summed E-state index contributed by atoms with van der Waals surface area (Å²) in [6, 6.07) is 1.74. The summed E-state index contributed by atoms with van der Waals surface area (Å²) >= 11 is 8.87. The number of halogens is 1. The fourth-order valence-electron chi connectivity index (χ4n) is 1.73. The van der Waals surface area contributed by atoms with Crippen molar-refractivity contribution in [3.8, 4) is 0 Å². The Morgan fingerprint density at radius 1 is 1.57 bits per heavy atom. The van der Waals surface area contributed by atoms with E-state index < -0.39 is 5.97 Å². The lowest BCUT2D eigenvalue weighted by Crippen LogP contribution is -2.05. The maximum atomic E-state index is 10.7. The molecule has 1 N–H and O–H groups in total. The van der Waals surface area contributed by atoms with Crippen LogP contribution in [0.1, 0.15) is 0 Å². The molecule has 0 aliphatic heterocycles. The van der Waals surface area contributed by atoms with Gasteiger partial charge in [-0.25, -0.2) is 9.97 Å². The molecule has 0 aromatic carbocycles. The molecule has 0 spiro atoms. The van der Waals surface area contributed by atoms with E-state index in [4.69, 9.17) is 16.7 Å². The number of carboxylic acids is 1. The number of rotatable bonds is 8. The highest BCUT2D eigenvalue weighted by molar-refractivity contribution is 8.00. The first kappa shape index (κ1) is 16.2. The van der Waals surface area contributed by atoms with Gasteiger partial charge in [-0.2, -0.15) is 11.8 Å². The Bertz CT molecular complexity index is 660. The highest BCUT2D eigenvalue weighted by atomic mass is 35.5. The van der Waals surface area contributed by atoms with Crippen molar-refractivity contribution in [2.45, 2.75) is 11.7 Å². The first-order valence-corrected chi connectivity index (χ1v) is 8.68. The number of aliphatic carboxylic acids is 1. The second-order valence-corrected chi connectivity index (χ2v) is 6.62. The lowest BCUT2D eigenvalue weighted by atomic mass is 10.4. The molecule has 0 atom stereocenters. The molecule has 0 aliphatic carbocycles. The zero-order valence-electron chi connectivity index (χ0n) is 11.2. The van der Waals surface area contributed by atoms with Gasteiger partial charge in [0.05, 0.1) is 10.8 Å². The zero-order valence-corrected chi connectivity index (χ0v) is 13.5. The van der Waals surface area contributed by atoms with Crippen molar-refractivity contribution in [2.24, 2.45) is 0 Å². The molecule has 0 saturated carbocycles. The van der Waals surface area contributed by atoms with E-state index in [9.17, 15) is 4.79 Å². The molecule has 0 unspecified atom stereocenters. The fourth-order valence-corrected chi connectivity index (χ4v) is 3.27. The van der Waals surface area contributed by atoms with Crippen LogP contribution in [-0.4, -0.2) is 42.9 Å². The van der Waals surface area contributed by atoms with Gasteiger partial charge in [-0.3, -0.25) is 4.79 Å². The number of carboxylic acid groups (broad SMARTS) is 1. The molecule has 0 aliphatic rings. The Labute approximate surface area is 135 Å². The van der Waals surface area contributed by atoms with E-state index in [0.717, 1.165) is 17.2 Å². The SMILES string of the molecule is C=CCSCCn1c(SCC(=O)O)nc2cc(Cl)cnc21. The number of hydrogen-bond acceptors (Lipinski definition) is 5. The Kier molecular flexibility index (Phi) is 5.96. The predicted molar refractivity (Wildman–Crippen MR) is 88.4 cm³/mol. The van der Waals surface area contributed by atoms with Crippen LogP contribution in [0.15, 0.2) is 30.1 Å². The van der Waals surface area contributed by atoms with Crippen LogP contribution < -0.4 is 0 Å². The third-order valence-electron chi connectivity index (χ3n) is 2.54. The molecule has 2 rings (SSSR count). The largest absolute Gasteiger partial charge is 0.481 e. The number of aromatic nitrogens is 3. The molecule has 2 heterocycles. The predicted octanol–water partition coefficient (Wildman–Crippen LogP) is 3.18. The molecular weight excluding hydrogens is 330 g/mol. The number of nitrogens with zero attached hydrogens (tertiary/aromatic N) is 3. The maximum absolute atomic E-state index is 10.7. The Morgan fingerprint density at radius 2 is 2.38 bits per heavy atom. The number of imidazole rings is 1. The molecule has 0 saturated heterocycles. The molecule has 2 aromatic rings. The van der Waals surface area contributed by atoms with Gasteiger partial charge < -0.3 is 9.67 Å². The van der Waals surface area contributed by atoms with E-state index >= 15 is 0 Å². The minimum atomic E-state index is -0.870. The lowest BCUT2D eigenvalue weighted by molar-refractivity contribution is -0.133. The van der Waals surface area contributed by atoms with Crippen molar-refractivity contribution in [3.63, 3.8) is 0 Å². The van der Waals surface area contributed by atoms with Gasteiger partial charge in [0, 0.05) is 24.2 Å². The summed E-state index contributed by atoms with van der Waals surface area (Å²) in [6.07, 6.45) is 3.43. The fraction of sp³-hybridized carbons (Fsp3) is 0.308. The van der Waals surface area contributed by atoms with Crippen LogP contribution in [0.25, 0.3) is 11.2 Å². The summed E-state index contributed by atoms with van der Waals surface area (Å²) in [7, 11) is 0. The second kappa shape index (κ2) is 7.72. The molecule has 5 nitrogen and oxygen atoms in total. The van der Waals surface area contributed by atoms with E-state index in [1.54, 1.807) is 24.0 Å². The number of aryl methyl sites for hydroxylation is 1. The van der Waals surface area contributed by atoms with Crippen molar-refractivity contribution in [3.05, 3.63) is 29.9 Å². The molecule has 21 heavy (non-hydrogen) atoms. The van der Waals surface area contributed by atoms with Crippen molar-refractivity contribution in [1.82, 2.24) is 14.5 Å².